The van der Waals surface area contributed by atoms with Crippen LogP contribution in [0.3, 0.4) is 0 Å². The second-order valence-corrected chi connectivity index (χ2v) is 10.3. The molecule has 5 aromatic rings. The summed E-state index contributed by atoms with van der Waals surface area (Å²) in [7, 11) is 2.74. The van der Waals surface area contributed by atoms with Crippen LogP contribution in [0.2, 0.25) is 0 Å². The zero-order valence-corrected chi connectivity index (χ0v) is 23.9. The number of aromatic amines is 2. The number of hydrogen-bond donors (Lipinski definition) is 2. The van der Waals surface area contributed by atoms with Gasteiger partial charge in [-0.2, -0.15) is 0 Å². The summed E-state index contributed by atoms with van der Waals surface area (Å²) in [4.78, 5) is 41.1. The molecule has 2 N–H and O–H groups in total. The molecule has 8 heteroatoms. The Kier molecular flexibility index (Phi) is 6.71. The number of rotatable bonds is 4. The molecule has 44 heavy (non-hydrogen) atoms. The standard InChI is InChI=1S/C36H26N4O4/c1-43-35(41)23-7-3-21(4-8-23)33-29-15-11-25(37-29)19-27-13-17-31(39-27)34(22-5-9-24(10-6-22)36(42)44-2)32-18-14-28(40-32)20-26-12-16-30(33)38-26/h3-20,37,40H,1-2H3. The number of H-pyrrole nitrogens is 2. The van der Waals surface area contributed by atoms with Gasteiger partial charge in [0.1, 0.15) is 0 Å². The van der Waals surface area contributed by atoms with E-state index in [2.05, 4.69) is 9.97 Å². The topological polar surface area (TPSA) is 110 Å². The highest BCUT2D eigenvalue weighted by Gasteiger charge is 2.15. The molecule has 8 nitrogen and oxygen atoms in total. The minimum atomic E-state index is -0.384. The molecule has 0 saturated heterocycles. The Labute approximate surface area is 252 Å². The minimum Gasteiger partial charge on any atom is -0.465 e. The predicted molar refractivity (Wildman–Crippen MR) is 172 cm³/mol. The van der Waals surface area contributed by atoms with Gasteiger partial charge in [-0.1, -0.05) is 24.3 Å². The number of carbonyl (C=O) groups excluding carboxylic acids is 2. The molecule has 0 spiro atoms. The molecule has 2 aromatic carbocycles. The van der Waals surface area contributed by atoms with E-state index in [0.717, 1.165) is 67.1 Å². The minimum absolute atomic E-state index is 0.384. The van der Waals surface area contributed by atoms with Crippen molar-refractivity contribution in [2.24, 2.45) is 0 Å². The monoisotopic (exact) mass is 578 g/mol. The van der Waals surface area contributed by atoms with Crippen molar-refractivity contribution in [3.05, 3.63) is 119 Å². The second-order valence-electron chi connectivity index (χ2n) is 10.3. The number of hydrogen-bond acceptors (Lipinski definition) is 6. The lowest BCUT2D eigenvalue weighted by Crippen LogP contribution is -2.00. The van der Waals surface area contributed by atoms with Crippen LogP contribution in [0.1, 0.15) is 43.5 Å². The highest BCUT2D eigenvalue weighted by molar-refractivity contribution is 5.95. The number of nitrogens with one attached hydrogen (secondary N) is 2. The lowest BCUT2D eigenvalue weighted by atomic mass is 10.0. The van der Waals surface area contributed by atoms with E-state index in [-0.39, 0.29) is 11.9 Å². The fourth-order valence-electron chi connectivity index (χ4n) is 5.46. The van der Waals surface area contributed by atoms with E-state index in [0.29, 0.717) is 11.1 Å². The van der Waals surface area contributed by atoms with Gasteiger partial charge < -0.3 is 19.4 Å². The van der Waals surface area contributed by atoms with Gasteiger partial charge in [-0.05, 0) is 96.1 Å². The van der Waals surface area contributed by atoms with Gasteiger partial charge in [0.2, 0.25) is 0 Å². The van der Waals surface area contributed by atoms with Gasteiger partial charge in [0.25, 0.3) is 0 Å². The van der Waals surface area contributed by atoms with Gasteiger partial charge in [-0.15, -0.1) is 0 Å². The predicted octanol–water partition coefficient (Wildman–Crippen LogP) is 7.56. The smallest absolute Gasteiger partial charge is 0.337 e. The molecule has 214 valence electrons. The molecule has 0 radical (unpaired) electrons. The molecule has 0 aliphatic carbocycles. The van der Waals surface area contributed by atoms with Crippen LogP contribution in [0, 0.1) is 0 Å². The van der Waals surface area contributed by atoms with Crippen molar-refractivity contribution < 1.29 is 19.1 Å². The van der Waals surface area contributed by atoms with Crippen LogP contribution in [0.25, 0.3) is 68.6 Å². The molecule has 0 saturated carbocycles. The lowest BCUT2D eigenvalue weighted by molar-refractivity contribution is 0.0592. The molecular weight excluding hydrogens is 552 g/mol. The van der Waals surface area contributed by atoms with Gasteiger partial charge in [-0.3, -0.25) is 0 Å². The Balaban J connectivity index is 1.46. The van der Waals surface area contributed by atoms with Crippen molar-refractivity contribution in [1.29, 1.82) is 0 Å². The second kappa shape index (κ2) is 11.0. The number of methoxy groups -OCH3 is 2. The molecular formula is C36H26N4O4. The molecule has 0 unspecified atom stereocenters. The number of nitrogens with zero attached hydrogens (tertiary/aromatic N) is 2. The van der Waals surface area contributed by atoms with E-state index in [9.17, 15) is 9.59 Å². The number of carbonyl (C=O) groups is 2. The van der Waals surface area contributed by atoms with Gasteiger partial charge in [-0.25, -0.2) is 19.6 Å². The fourth-order valence-corrected chi connectivity index (χ4v) is 5.46. The van der Waals surface area contributed by atoms with Gasteiger partial charge >= 0.3 is 11.9 Å². The van der Waals surface area contributed by atoms with Crippen molar-refractivity contribution in [1.82, 2.24) is 19.9 Å². The van der Waals surface area contributed by atoms with Crippen molar-refractivity contribution >= 4 is 58.3 Å². The summed E-state index contributed by atoms with van der Waals surface area (Å²) >= 11 is 0. The van der Waals surface area contributed by atoms with Crippen LogP contribution in [0.5, 0.6) is 0 Å². The molecule has 8 bridgehead atoms. The Hall–Kier alpha value is -6.02. The first-order valence-electron chi connectivity index (χ1n) is 14.0. The molecule has 3 aromatic heterocycles. The van der Waals surface area contributed by atoms with Gasteiger partial charge in [0, 0.05) is 33.2 Å². The summed E-state index contributed by atoms with van der Waals surface area (Å²) in [6.45, 7) is 0. The fraction of sp³-hybridized carbons (Fsp3) is 0.0556. The molecule has 0 fully saturated rings. The van der Waals surface area contributed by atoms with E-state index in [1.54, 1.807) is 24.3 Å². The van der Waals surface area contributed by atoms with E-state index in [4.69, 9.17) is 19.4 Å². The molecule has 2 aliphatic rings. The zero-order chi connectivity index (χ0) is 30.2. The SMILES string of the molecule is COC(=O)c1ccc(-c2c3nc(cc4ccc([nH]4)c(-c4ccc(C(=O)OC)cc4)c4nc(cc5ccc2[nH]5)C=C4)C=C3)cc1. The van der Waals surface area contributed by atoms with Crippen LogP contribution in [0.4, 0.5) is 0 Å². The molecule has 2 aliphatic heterocycles. The van der Waals surface area contributed by atoms with E-state index in [1.165, 1.54) is 14.2 Å². The number of fused-ring (bicyclic) bond motifs is 8. The molecule has 7 rings (SSSR count). The first-order chi connectivity index (χ1) is 21.5. The molecule has 0 atom stereocenters. The molecule has 5 heterocycles. The van der Waals surface area contributed by atoms with Crippen molar-refractivity contribution in [3.8, 4) is 22.3 Å². The summed E-state index contributed by atoms with van der Waals surface area (Å²) in [6, 6.07) is 26.7. The van der Waals surface area contributed by atoms with Crippen LogP contribution >= 0.6 is 0 Å². The largest absolute Gasteiger partial charge is 0.465 e. The van der Waals surface area contributed by atoms with Crippen LogP contribution in [-0.2, 0) is 9.47 Å². The van der Waals surface area contributed by atoms with Crippen molar-refractivity contribution in [3.63, 3.8) is 0 Å². The lowest BCUT2D eigenvalue weighted by Gasteiger charge is -2.05. The maximum atomic E-state index is 12.0. The average Bonchev–Trinajstić information content (AvgIpc) is 3.88. The van der Waals surface area contributed by atoms with Gasteiger partial charge in [0.15, 0.2) is 0 Å². The summed E-state index contributed by atoms with van der Waals surface area (Å²) in [5.41, 5.74) is 11.3. The third-order valence-electron chi connectivity index (χ3n) is 7.59. The van der Waals surface area contributed by atoms with Crippen LogP contribution in [-0.4, -0.2) is 46.1 Å². The first-order valence-corrected chi connectivity index (χ1v) is 14.0. The third kappa shape index (κ3) is 4.98. The highest BCUT2D eigenvalue weighted by Crippen LogP contribution is 2.32. The first kappa shape index (κ1) is 26.9. The summed E-state index contributed by atoms with van der Waals surface area (Å²) in [5.74, 6) is -0.768. The maximum absolute atomic E-state index is 12.0. The zero-order valence-electron chi connectivity index (χ0n) is 23.9. The molecule has 0 amide bonds. The Morgan fingerprint density at radius 3 is 1.34 bits per heavy atom. The van der Waals surface area contributed by atoms with E-state index >= 15 is 0 Å². The Morgan fingerprint density at radius 2 is 0.955 bits per heavy atom. The van der Waals surface area contributed by atoms with Crippen LogP contribution < -0.4 is 0 Å². The highest BCUT2D eigenvalue weighted by atomic mass is 16.5. The summed E-state index contributed by atoms with van der Waals surface area (Å²) in [5, 5.41) is 0. The van der Waals surface area contributed by atoms with E-state index in [1.807, 2.05) is 85.0 Å². The summed E-state index contributed by atoms with van der Waals surface area (Å²) in [6.07, 6.45) is 7.94. The van der Waals surface area contributed by atoms with Gasteiger partial charge in [0.05, 0.1) is 48.1 Å². The average molecular weight is 579 g/mol. The number of benzene rings is 2. The van der Waals surface area contributed by atoms with Crippen molar-refractivity contribution in [2.45, 2.75) is 0 Å². The third-order valence-corrected chi connectivity index (χ3v) is 7.59. The maximum Gasteiger partial charge on any atom is 0.337 e. The van der Waals surface area contributed by atoms with Crippen LogP contribution in [0.15, 0.2) is 84.9 Å². The van der Waals surface area contributed by atoms with Crippen molar-refractivity contribution in [2.75, 3.05) is 14.2 Å². The van der Waals surface area contributed by atoms with E-state index < -0.39 is 0 Å². The summed E-state index contributed by atoms with van der Waals surface area (Å²) < 4.78 is 9.75. The normalized spacial score (nSPS) is 11.9. The number of esters is 2. The Bertz CT molecular complexity index is 2010. The Morgan fingerprint density at radius 1 is 0.545 bits per heavy atom. The quantitative estimate of drug-likeness (QED) is 0.209. The number of aromatic nitrogens is 4. The number of ether oxygens (including phenoxy) is 2.